The average molecular weight is 1070 g/mol. The van der Waals surface area contributed by atoms with Gasteiger partial charge >= 0.3 is 0 Å². The molecule has 0 aromatic carbocycles. The van der Waals surface area contributed by atoms with Crippen LogP contribution in [-0.4, -0.2) is 342 Å². The Kier molecular flexibility index (Phi) is 19.6. The monoisotopic (exact) mass is 1070 g/mol. The third-order valence-electron chi connectivity index (χ3n) is 13.7. The van der Waals surface area contributed by atoms with Gasteiger partial charge in [0.25, 0.3) is 0 Å². The lowest BCUT2D eigenvalue weighted by Gasteiger charge is -2.47. The van der Waals surface area contributed by atoms with Gasteiger partial charge in [0.2, 0.25) is 0 Å². The van der Waals surface area contributed by atoms with Crippen LogP contribution in [0.4, 0.5) is 0 Å². The molecule has 0 saturated carbocycles. The quantitative estimate of drug-likeness (QED) is 0.0682. The molecular formula is C40H66O33. The molecule has 8 heterocycles. The maximum Gasteiger partial charge on any atom is 0.187 e. The molecule has 8 saturated heterocycles. The van der Waals surface area contributed by atoms with Crippen LogP contribution in [0.5, 0.6) is 0 Å². The second kappa shape index (κ2) is 24.8. The molecular weight excluding hydrogens is 1010 g/mol. The molecule has 73 heavy (non-hydrogen) atoms. The van der Waals surface area contributed by atoms with E-state index in [9.17, 15) is 91.9 Å². The van der Waals surface area contributed by atoms with Crippen molar-refractivity contribution in [1.29, 1.82) is 0 Å². The summed E-state index contributed by atoms with van der Waals surface area (Å²) in [4.78, 5) is 0. The van der Waals surface area contributed by atoms with Gasteiger partial charge in [-0.05, 0) is 0 Å². The van der Waals surface area contributed by atoms with Gasteiger partial charge in [-0.15, -0.1) is 0 Å². The zero-order valence-corrected chi connectivity index (χ0v) is 38.3. The van der Waals surface area contributed by atoms with Crippen molar-refractivity contribution in [3.8, 4) is 0 Å². The van der Waals surface area contributed by atoms with E-state index in [0.29, 0.717) is 0 Å². The van der Waals surface area contributed by atoms with Crippen molar-refractivity contribution in [3.63, 3.8) is 0 Å². The minimum atomic E-state index is -2.05. The zero-order chi connectivity index (χ0) is 52.7. The van der Waals surface area contributed by atoms with Crippen LogP contribution in [0.3, 0.4) is 0 Å². The van der Waals surface area contributed by atoms with Crippen LogP contribution < -0.4 is 0 Å². The Labute approximate surface area is 412 Å². The highest BCUT2D eigenvalue weighted by Gasteiger charge is 2.56. The van der Waals surface area contributed by atoms with Crippen LogP contribution in [0.15, 0.2) is 0 Å². The first-order chi connectivity index (χ1) is 34.7. The van der Waals surface area contributed by atoms with Gasteiger partial charge in [-0.3, -0.25) is 0 Å². The number of hydrogen-bond acceptors (Lipinski definition) is 33. The molecule has 33 nitrogen and oxygen atoms in total. The van der Waals surface area contributed by atoms with E-state index in [1.54, 1.807) is 0 Å². The molecule has 18 N–H and O–H groups in total. The molecule has 8 aliphatic heterocycles. The fourth-order valence-corrected chi connectivity index (χ4v) is 9.26. The third-order valence-corrected chi connectivity index (χ3v) is 13.7. The molecule has 8 aliphatic rings. The van der Waals surface area contributed by atoms with Crippen LogP contribution in [0.25, 0.3) is 0 Å². The Morgan fingerprint density at radius 1 is 0.274 bits per heavy atom. The molecule has 0 spiro atoms. The van der Waals surface area contributed by atoms with E-state index >= 15 is 0 Å². The lowest BCUT2D eigenvalue weighted by molar-refractivity contribution is -0.380. The molecule has 32 atom stereocenters. The number of rotatable bonds is 16. The van der Waals surface area contributed by atoms with Gasteiger partial charge in [-0.2, -0.15) is 0 Å². The minimum absolute atomic E-state index is 0.434. The summed E-state index contributed by atoms with van der Waals surface area (Å²) in [6.45, 7) is -4.81. The molecule has 0 aromatic rings. The van der Waals surface area contributed by atoms with Gasteiger partial charge in [0, 0.05) is 0 Å². The van der Waals surface area contributed by atoms with E-state index < -0.39 is 250 Å². The van der Waals surface area contributed by atoms with Crippen molar-refractivity contribution < 1.29 is 163 Å². The van der Waals surface area contributed by atoms with Gasteiger partial charge in [0.15, 0.2) is 50.3 Å². The summed E-state index contributed by atoms with van der Waals surface area (Å²) < 4.78 is 84.6. The summed E-state index contributed by atoms with van der Waals surface area (Å²) in [6, 6.07) is 0. The lowest BCUT2D eigenvalue weighted by atomic mass is 10.0. The normalized spacial score (nSPS) is 54.2. The van der Waals surface area contributed by atoms with E-state index in [0.717, 1.165) is 0 Å². The van der Waals surface area contributed by atoms with E-state index in [-0.39, 0.29) is 0 Å². The first kappa shape index (κ1) is 57.8. The number of aliphatic hydroxyl groups excluding tert-OH is 18. The molecule has 0 amide bonds. The van der Waals surface area contributed by atoms with E-state index in [1.165, 1.54) is 0 Å². The Morgan fingerprint density at radius 2 is 0.575 bits per heavy atom. The lowest BCUT2D eigenvalue weighted by Crippen LogP contribution is -2.64. The Hall–Kier alpha value is -1.32. The van der Waals surface area contributed by atoms with E-state index in [4.69, 9.17) is 71.1 Å². The predicted molar refractivity (Wildman–Crippen MR) is 216 cm³/mol. The summed E-state index contributed by atoms with van der Waals surface area (Å²) in [5, 5.41) is 190. The molecule has 0 radical (unpaired) electrons. The third kappa shape index (κ3) is 12.3. The van der Waals surface area contributed by atoms with Crippen molar-refractivity contribution in [2.45, 2.75) is 197 Å². The molecule has 0 aliphatic carbocycles. The number of ether oxygens (including phenoxy) is 15. The molecule has 8 fully saturated rings. The van der Waals surface area contributed by atoms with Gasteiger partial charge in [-0.25, -0.2) is 0 Å². The largest absolute Gasteiger partial charge is 0.394 e. The highest BCUT2D eigenvalue weighted by atomic mass is 16.8. The summed E-state index contributed by atoms with van der Waals surface area (Å²) in [5.41, 5.74) is 0. The number of hydrogen-bond donors (Lipinski definition) is 18. The summed E-state index contributed by atoms with van der Waals surface area (Å²) >= 11 is 0. The average Bonchev–Trinajstić information content (AvgIpc) is 3.81. The molecule has 0 aromatic heterocycles. The van der Waals surface area contributed by atoms with Gasteiger partial charge in [-0.1, -0.05) is 0 Å². The van der Waals surface area contributed by atoms with Gasteiger partial charge in [0.05, 0.1) is 52.9 Å². The molecule has 8 rings (SSSR count). The van der Waals surface area contributed by atoms with Gasteiger partial charge < -0.3 is 163 Å². The molecule has 32 unspecified atom stereocenters. The Morgan fingerprint density at radius 3 is 0.959 bits per heavy atom. The van der Waals surface area contributed by atoms with Crippen molar-refractivity contribution >= 4 is 0 Å². The van der Waals surface area contributed by atoms with Crippen molar-refractivity contribution in [3.05, 3.63) is 0 Å². The van der Waals surface area contributed by atoms with Crippen LogP contribution in [0, 0.1) is 0 Å². The Bertz CT molecular complexity index is 1710. The standard InChI is InChI=1S/C40H66O33/c41-1-10-18(45)27(54)39(65-10)72-31-15(70-36-26(53)21(48)13(5-62-36)68-34-24(51)17(44)9(43)3-60-34)7-64-38(30(31)57)71-16-8-63-37(29(56)32(16)73-40-28(55)19(46)11(2-42)66-40)69-14-6-61-35(25(52)22(14)49)67-12-4-59-33(58)23(50)20(12)47/h9-58H,1-8H2. The minimum Gasteiger partial charge on any atom is -0.394 e. The molecule has 0 bridgehead atoms. The first-order valence-corrected chi connectivity index (χ1v) is 23.4. The zero-order valence-electron chi connectivity index (χ0n) is 38.3. The van der Waals surface area contributed by atoms with Gasteiger partial charge in [0.1, 0.15) is 146 Å². The molecule has 33 heteroatoms. The van der Waals surface area contributed by atoms with Crippen molar-refractivity contribution in [1.82, 2.24) is 0 Å². The van der Waals surface area contributed by atoms with Crippen molar-refractivity contribution in [2.24, 2.45) is 0 Å². The summed E-state index contributed by atoms with van der Waals surface area (Å²) in [5.74, 6) is 0. The van der Waals surface area contributed by atoms with Crippen LogP contribution >= 0.6 is 0 Å². The van der Waals surface area contributed by atoms with Crippen LogP contribution in [-0.2, 0) is 71.1 Å². The highest BCUT2D eigenvalue weighted by Crippen LogP contribution is 2.36. The summed E-state index contributed by atoms with van der Waals surface area (Å²) in [7, 11) is 0. The first-order valence-electron chi connectivity index (χ1n) is 23.4. The van der Waals surface area contributed by atoms with E-state index in [2.05, 4.69) is 0 Å². The number of aliphatic hydroxyl groups is 18. The fraction of sp³-hybridized carbons (Fsp3) is 1.00. The predicted octanol–water partition coefficient (Wildman–Crippen LogP) is -13.3. The second-order valence-electron chi connectivity index (χ2n) is 18.7. The maximum absolute atomic E-state index is 11.9. The summed E-state index contributed by atoms with van der Waals surface area (Å²) in [6.07, 6.45) is -54.4. The fourth-order valence-electron chi connectivity index (χ4n) is 9.26. The maximum atomic E-state index is 11.9. The second-order valence-corrected chi connectivity index (χ2v) is 18.7. The topological polar surface area (TPSA) is 503 Å². The highest BCUT2D eigenvalue weighted by molar-refractivity contribution is 4.97. The van der Waals surface area contributed by atoms with E-state index in [1.807, 2.05) is 0 Å². The SMILES string of the molecule is OCC1OC(OC2C(OC3OCC(OC4OCC(OC5OCC(O)C(O)C5O)C(O)C4O)C(OC4OC(CO)C(O)C4O)C3O)COC(OC3COC(OC4COC(O)C(O)C4O)C(O)C3O)C2O)C(O)C1O. The van der Waals surface area contributed by atoms with Crippen molar-refractivity contribution in [2.75, 3.05) is 52.9 Å². The van der Waals surface area contributed by atoms with Crippen LogP contribution in [0.1, 0.15) is 0 Å². The Balaban J connectivity index is 0.952. The van der Waals surface area contributed by atoms with Crippen LogP contribution in [0.2, 0.25) is 0 Å². The molecule has 424 valence electrons. The smallest absolute Gasteiger partial charge is 0.187 e.